The van der Waals surface area contributed by atoms with E-state index in [0.717, 1.165) is 71.6 Å². The lowest BCUT2D eigenvalue weighted by Crippen LogP contribution is -2.00. The van der Waals surface area contributed by atoms with Gasteiger partial charge in [-0.2, -0.15) is 0 Å². The van der Waals surface area contributed by atoms with Crippen molar-refractivity contribution in [3.05, 3.63) is 78.5 Å². The SMILES string of the molecule is C1CCOC1.CCNc1ccc2ccc(CCc3cncc(-n4ccc5c(N)ncnc54)c3)cc2n1. The molecule has 1 fully saturated rings. The maximum absolute atomic E-state index is 5.97. The van der Waals surface area contributed by atoms with Gasteiger partial charge in [0.25, 0.3) is 0 Å². The zero-order chi connectivity index (χ0) is 24.7. The minimum Gasteiger partial charge on any atom is -0.383 e. The van der Waals surface area contributed by atoms with E-state index in [4.69, 9.17) is 15.5 Å². The Morgan fingerprint density at radius 3 is 2.61 bits per heavy atom. The normalized spacial score (nSPS) is 13.0. The van der Waals surface area contributed by atoms with Gasteiger partial charge in [0.1, 0.15) is 23.6 Å². The molecule has 0 unspecified atom stereocenters. The Hall–Kier alpha value is -4.04. The van der Waals surface area contributed by atoms with Gasteiger partial charge in [0, 0.05) is 37.5 Å². The van der Waals surface area contributed by atoms with E-state index in [0.29, 0.717) is 5.82 Å². The molecule has 1 aliphatic rings. The fraction of sp³-hybridized carbons (Fsp3) is 0.286. The first-order chi connectivity index (χ1) is 17.7. The molecule has 0 aliphatic carbocycles. The van der Waals surface area contributed by atoms with E-state index in [9.17, 15) is 0 Å². The van der Waals surface area contributed by atoms with Crippen LogP contribution in [0.2, 0.25) is 0 Å². The van der Waals surface area contributed by atoms with Crippen LogP contribution >= 0.6 is 0 Å². The van der Waals surface area contributed by atoms with Crippen molar-refractivity contribution in [1.29, 1.82) is 0 Å². The van der Waals surface area contributed by atoms with Crippen LogP contribution in [-0.2, 0) is 17.6 Å². The zero-order valence-corrected chi connectivity index (χ0v) is 20.5. The van der Waals surface area contributed by atoms with Crippen molar-refractivity contribution >= 4 is 33.6 Å². The van der Waals surface area contributed by atoms with E-state index >= 15 is 0 Å². The van der Waals surface area contributed by atoms with Crippen LogP contribution in [0.3, 0.4) is 0 Å². The molecule has 4 aromatic heterocycles. The highest BCUT2D eigenvalue weighted by molar-refractivity contribution is 5.87. The monoisotopic (exact) mass is 481 g/mol. The molecule has 1 saturated heterocycles. The molecule has 5 aromatic rings. The average molecular weight is 482 g/mol. The van der Waals surface area contributed by atoms with Crippen LogP contribution in [0.15, 0.2) is 67.4 Å². The molecule has 0 radical (unpaired) electrons. The van der Waals surface area contributed by atoms with Gasteiger partial charge < -0.3 is 15.8 Å². The lowest BCUT2D eigenvalue weighted by Gasteiger charge is -2.08. The summed E-state index contributed by atoms with van der Waals surface area (Å²) in [7, 11) is 0. The van der Waals surface area contributed by atoms with Gasteiger partial charge in [0.05, 0.1) is 22.8 Å². The Balaban J connectivity index is 0.000000477. The largest absolute Gasteiger partial charge is 0.383 e. The van der Waals surface area contributed by atoms with E-state index in [-0.39, 0.29) is 0 Å². The van der Waals surface area contributed by atoms with Crippen LogP contribution in [0, 0.1) is 0 Å². The van der Waals surface area contributed by atoms with Gasteiger partial charge >= 0.3 is 0 Å². The summed E-state index contributed by atoms with van der Waals surface area (Å²) >= 11 is 0. The van der Waals surface area contributed by atoms with Crippen molar-refractivity contribution < 1.29 is 4.74 Å². The Morgan fingerprint density at radius 2 is 1.81 bits per heavy atom. The van der Waals surface area contributed by atoms with E-state index in [1.165, 1.54) is 24.7 Å². The van der Waals surface area contributed by atoms with E-state index < -0.39 is 0 Å². The first-order valence-corrected chi connectivity index (χ1v) is 12.4. The van der Waals surface area contributed by atoms with Gasteiger partial charge in [-0.1, -0.05) is 12.1 Å². The van der Waals surface area contributed by atoms with Crippen molar-refractivity contribution in [1.82, 2.24) is 24.5 Å². The van der Waals surface area contributed by atoms with Gasteiger partial charge in [-0.3, -0.25) is 9.55 Å². The number of pyridine rings is 2. The molecular weight excluding hydrogens is 450 g/mol. The lowest BCUT2D eigenvalue weighted by molar-refractivity contribution is 0.198. The molecule has 8 heteroatoms. The van der Waals surface area contributed by atoms with Crippen LogP contribution < -0.4 is 11.1 Å². The Morgan fingerprint density at radius 1 is 0.972 bits per heavy atom. The summed E-state index contributed by atoms with van der Waals surface area (Å²) in [5.41, 5.74) is 11.1. The van der Waals surface area contributed by atoms with Gasteiger partial charge in [-0.25, -0.2) is 15.0 Å². The van der Waals surface area contributed by atoms with Crippen LogP contribution in [0.25, 0.3) is 27.6 Å². The molecule has 6 rings (SSSR count). The second-order valence-corrected chi connectivity index (χ2v) is 8.81. The third kappa shape index (κ3) is 5.44. The number of ether oxygens (including phenoxy) is 1. The number of hydrogen-bond donors (Lipinski definition) is 2. The van der Waals surface area contributed by atoms with Gasteiger partial charge in [-0.15, -0.1) is 0 Å². The first kappa shape index (κ1) is 23.7. The third-order valence-corrected chi connectivity index (χ3v) is 6.21. The average Bonchev–Trinajstić information content (AvgIpc) is 3.62. The predicted octanol–water partition coefficient (Wildman–Crippen LogP) is 4.96. The summed E-state index contributed by atoms with van der Waals surface area (Å²) in [6.45, 7) is 4.93. The number of nitrogen functional groups attached to an aromatic ring is 1. The number of anilines is 2. The first-order valence-electron chi connectivity index (χ1n) is 12.4. The molecule has 8 nitrogen and oxygen atoms in total. The van der Waals surface area contributed by atoms with E-state index in [2.05, 4.69) is 57.5 Å². The van der Waals surface area contributed by atoms with Crippen LogP contribution in [0.4, 0.5) is 11.6 Å². The molecular formula is C28H31N7O. The fourth-order valence-corrected chi connectivity index (χ4v) is 4.32. The highest BCUT2D eigenvalue weighted by Crippen LogP contribution is 2.22. The van der Waals surface area contributed by atoms with Crippen molar-refractivity contribution in [3.8, 4) is 5.69 Å². The van der Waals surface area contributed by atoms with Crippen LogP contribution in [0.5, 0.6) is 0 Å². The fourth-order valence-electron chi connectivity index (χ4n) is 4.32. The van der Waals surface area contributed by atoms with E-state index in [1.807, 2.05) is 35.3 Å². The summed E-state index contributed by atoms with van der Waals surface area (Å²) < 4.78 is 6.94. The molecule has 1 aromatic carbocycles. The molecule has 5 heterocycles. The third-order valence-electron chi connectivity index (χ3n) is 6.21. The molecule has 0 amide bonds. The Labute approximate surface area is 210 Å². The maximum atomic E-state index is 5.97. The summed E-state index contributed by atoms with van der Waals surface area (Å²) in [6.07, 6.45) is 11.5. The van der Waals surface area contributed by atoms with Crippen molar-refractivity contribution in [2.45, 2.75) is 32.6 Å². The molecule has 0 spiro atoms. The number of nitrogens with zero attached hydrogens (tertiary/aromatic N) is 5. The highest BCUT2D eigenvalue weighted by atomic mass is 16.5. The molecule has 1 aliphatic heterocycles. The predicted molar refractivity (Wildman–Crippen MR) is 144 cm³/mol. The second kappa shape index (κ2) is 11.1. The van der Waals surface area contributed by atoms with Crippen LogP contribution in [0.1, 0.15) is 30.9 Å². The minimum atomic E-state index is 0.482. The number of fused-ring (bicyclic) bond motifs is 2. The van der Waals surface area contributed by atoms with Crippen molar-refractivity contribution in [3.63, 3.8) is 0 Å². The Kier molecular flexibility index (Phi) is 7.33. The van der Waals surface area contributed by atoms with E-state index in [1.54, 1.807) is 0 Å². The van der Waals surface area contributed by atoms with Crippen molar-refractivity contribution in [2.75, 3.05) is 30.8 Å². The quantitative estimate of drug-likeness (QED) is 0.353. The standard InChI is InChI=1S/C24H23N7.C4H8O/c1-2-27-22-8-7-18-6-5-16(12-21(18)30-22)3-4-17-11-19(14-26-13-17)31-10-9-20-23(25)28-15-29-24(20)31;1-2-4-5-3-1/h5-15H,2-4H2,1H3,(H,27,30)(H2,25,28,29);1-4H2. The van der Waals surface area contributed by atoms with Gasteiger partial charge in [0.15, 0.2) is 0 Å². The summed E-state index contributed by atoms with van der Waals surface area (Å²) in [5, 5.41) is 5.26. The molecule has 3 N–H and O–H groups in total. The van der Waals surface area contributed by atoms with Crippen LogP contribution in [-0.4, -0.2) is 44.3 Å². The molecule has 0 atom stereocenters. The highest BCUT2D eigenvalue weighted by Gasteiger charge is 2.09. The minimum absolute atomic E-state index is 0.482. The smallest absolute Gasteiger partial charge is 0.150 e. The summed E-state index contributed by atoms with van der Waals surface area (Å²) in [4.78, 5) is 17.6. The topological polar surface area (TPSA) is 104 Å². The summed E-state index contributed by atoms with van der Waals surface area (Å²) in [5.74, 6) is 1.39. The second-order valence-electron chi connectivity index (χ2n) is 8.81. The molecule has 36 heavy (non-hydrogen) atoms. The number of aromatic nitrogens is 5. The number of benzene rings is 1. The lowest BCUT2D eigenvalue weighted by atomic mass is 10.0. The zero-order valence-electron chi connectivity index (χ0n) is 20.5. The molecule has 184 valence electrons. The number of hydrogen-bond acceptors (Lipinski definition) is 7. The van der Waals surface area contributed by atoms with Gasteiger partial charge in [-0.05, 0) is 74.1 Å². The molecule has 0 saturated carbocycles. The summed E-state index contributed by atoms with van der Waals surface area (Å²) in [6, 6.07) is 14.7. The number of aryl methyl sites for hydroxylation is 2. The maximum Gasteiger partial charge on any atom is 0.150 e. The number of rotatable bonds is 6. The van der Waals surface area contributed by atoms with Crippen molar-refractivity contribution in [2.24, 2.45) is 0 Å². The Bertz CT molecular complexity index is 1450. The molecule has 0 bridgehead atoms. The number of nitrogens with one attached hydrogen (secondary N) is 1. The van der Waals surface area contributed by atoms with Gasteiger partial charge in [0.2, 0.25) is 0 Å². The number of nitrogens with two attached hydrogens (primary N) is 1.